The number of benzene rings is 2. The summed E-state index contributed by atoms with van der Waals surface area (Å²) in [6.45, 7) is 0.974. The molecule has 112 valence electrons. The lowest BCUT2D eigenvalue weighted by molar-refractivity contribution is -0.122. The van der Waals surface area contributed by atoms with E-state index in [1.807, 2.05) is 30.3 Å². The van der Waals surface area contributed by atoms with Gasteiger partial charge in [0.25, 0.3) is 5.91 Å². The molecule has 1 aliphatic rings. The number of amides is 1. The molecule has 1 amide bonds. The third kappa shape index (κ3) is 2.92. The van der Waals surface area contributed by atoms with Gasteiger partial charge in [-0.1, -0.05) is 66.4 Å². The minimum absolute atomic E-state index is 0.0417. The summed E-state index contributed by atoms with van der Waals surface area (Å²) in [5.74, 6) is -0.0417. The van der Waals surface area contributed by atoms with E-state index in [9.17, 15) is 4.79 Å². The molecule has 3 nitrogen and oxygen atoms in total. The maximum absolute atomic E-state index is 12.5. The fourth-order valence-corrected chi connectivity index (χ4v) is 3.69. The average molecular weight is 329 g/mol. The lowest BCUT2D eigenvalue weighted by Crippen LogP contribution is -2.31. The summed E-state index contributed by atoms with van der Waals surface area (Å²) in [6, 6.07) is 14.2. The number of rotatable bonds is 4. The number of thiocarbonyl (C=S) groups is 1. The summed E-state index contributed by atoms with van der Waals surface area (Å²) in [6.07, 6.45) is 1.93. The van der Waals surface area contributed by atoms with Crippen LogP contribution in [0.1, 0.15) is 5.56 Å². The molecule has 1 saturated heterocycles. The van der Waals surface area contributed by atoms with Crippen molar-refractivity contribution in [1.29, 1.82) is 0 Å². The van der Waals surface area contributed by atoms with Crippen LogP contribution >= 0.6 is 24.0 Å². The first-order valence-corrected chi connectivity index (χ1v) is 8.15. The van der Waals surface area contributed by atoms with Gasteiger partial charge in [-0.2, -0.15) is 0 Å². The second-order valence-corrected chi connectivity index (χ2v) is 6.57. The molecule has 2 aromatic rings. The molecule has 22 heavy (non-hydrogen) atoms. The van der Waals surface area contributed by atoms with E-state index in [1.165, 1.54) is 11.8 Å². The van der Waals surface area contributed by atoms with Crippen LogP contribution in [0.5, 0.6) is 0 Å². The van der Waals surface area contributed by atoms with Crippen LogP contribution in [-0.2, 0) is 9.53 Å². The van der Waals surface area contributed by atoms with Crippen molar-refractivity contribution < 1.29 is 9.53 Å². The normalized spacial score (nSPS) is 17.0. The number of ether oxygens (including phenoxy) is 1. The zero-order chi connectivity index (χ0) is 15.5. The van der Waals surface area contributed by atoms with Gasteiger partial charge in [0.2, 0.25) is 0 Å². The molecule has 0 unspecified atom stereocenters. The number of carbonyl (C=O) groups is 1. The number of hydrogen-bond acceptors (Lipinski definition) is 4. The first-order valence-electron chi connectivity index (χ1n) is 6.93. The van der Waals surface area contributed by atoms with Crippen LogP contribution in [0, 0.1) is 0 Å². The summed E-state index contributed by atoms with van der Waals surface area (Å²) in [5, 5.41) is 2.29. The van der Waals surface area contributed by atoms with E-state index in [-0.39, 0.29) is 5.91 Å². The number of fused-ring (bicyclic) bond motifs is 1. The second-order valence-electron chi connectivity index (χ2n) is 4.89. The zero-order valence-electron chi connectivity index (χ0n) is 12.1. The van der Waals surface area contributed by atoms with Crippen molar-refractivity contribution in [3.05, 3.63) is 52.9 Å². The highest BCUT2D eigenvalue weighted by Gasteiger charge is 2.31. The molecule has 5 heteroatoms. The maximum Gasteiger partial charge on any atom is 0.266 e. The van der Waals surface area contributed by atoms with Crippen LogP contribution in [0.15, 0.2) is 47.4 Å². The first-order chi connectivity index (χ1) is 10.7. The lowest BCUT2D eigenvalue weighted by Gasteiger charge is -2.12. The highest BCUT2D eigenvalue weighted by molar-refractivity contribution is 8.26. The van der Waals surface area contributed by atoms with Gasteiger partial charge in [-0.15, -0.1) is 0 Å². The molecule has 2 aromatic carbocycles. The van der Waals surface area contributed by atoms with Crippen LogP contribution in [0.25, 0.3) is 16.8 Å². The molecule has 0 aromatic heterocycles. The standard InChI is InChI=1S/C17H15NO2S2/c1-20-10-9-18-16(19)15(22-17(18)21)11-13-7-4-6-12-5-2-3-8-14(12)13/h2-8,11H,9-10H2,1H3/b15-11+. The van der Waals surface area contributed by atoms with Crippen molar-refractivity contribution in [3.63, 3.8) is 0 Å². The SMILES string of the molecule is COCCN1C(=O)/C(=C\c2cccc3ccccc23)SC1=S. The molecule has 0 atom stereocenters. The predicted molar refractivity (Wildman–Crippen MR) is 95.7 cm³/mol. The van der Waals surface area contributed by atoms with Gasteiger partial charge in [0, 0.05) is 7.11 Å². The maximum atomic E-state index is 12.5. The van der Waals surface area contributed by atoms with Gasteiger partial charge in [-0.3, -0.25) is 9.69 Å². The third-order valence-corrected chi connectivity index (χ3v) is 4.88. The van der Waals surface area contributed by atoms with Crippen LogP contribution in [0.2, 0.25) is 0 Å². The molecule has 1 fully saturated rings. The molecular formula is C17H15NO2S2. The molecule has 1 heterocycles. The number of thioether (sulfide) groups is 1. The average Bonchev–Trinajstić information content (AvgIpc) is 2.80. The van der Waals surface area contributed by atoms with Gasteiger partial charge in [-0.25, -0.2) is 0 Å². The predicted octanol–water partition coefficient (Wildman–Crippen LogP) is 3.69. The molecule has 0 spiro atoms. The van der Waals surface area contributed by atoms with Crippen molar-refractivity contribution >= 4 is 51.1 Å². The van der Waals surface area contributed by atoms with Gasteiger partial charge < -0.3 is 4.74 Å². The fraction of sp³-hybridized carbons (Fsp3) is 0.176. The molecular weight excluding hydrogens is 314 g/mol. The first kappa shape index (κ1) is 15.2. The Labute approximate surface area is 138 Å². The minimum atomic E-state index is -0.0417. The highest BCUT2D eigenvalue weighted by Crippen LogP contribution is 2.33. The number of hydrogen-bond donors (Lipinski definition) is 0. The van der Waals surface area contributed by atoms with Crippen LogP contribution in [0.3, 0.4) is 0 Å². The fourth-order valence-electron chi connectivity index (χ4n) is 2.39. The Morgan fingerprint density at radius 3 is 2.82 bits per heavy atom. The lowest BCUT2D eigenvalue weighted by atomic mass is 10.0. The summed E-state index contributed by atoms with van der Waals surface area (Å²) in [4.78, 5) is 14.7. The van der Waals surface area contributed by atoms with E-state index in [2.05, 4.69) is 18.2 Å². The van der Waals surface area contributed by atoms with Crippen LogP contribution in [0.4, 0.5) is 0 Å². The van der Waals surface area contributed by atoms with Crippen LogP contribution in [-0.4, -0.2) is 35.4 Å². The van der Waals surface area contributed by atoms with Gasteiger partial charge in [0.05, 0.1) is 18.1 Å². The van der Waals surface area contributed by atoms with E-state index in [0.29, 0.717) is 22.4 Å². The van der Waals surface area contributed by atoms with Crippen molar-refractivity contribution in [2.45, 2.75) is 0 Å². The smallest absolute Gasteiger partial charge is 0.266 e. The Morgan fingerprint density at radius 1 is 1.23 bits per heavy atom. The van der Waals surface area contributed by atoms with E-state index in [4.69, 9.17) is 17.0 Å². The Balaban J connectivity index is 1.95. The summed E-state index contributed by atoms with van der Waals surface area (Å²) in [7, 11) is 1.61. The topological polar surface area (TPSA) is 29.5 Å². The molecule has 0 bridgehead atoms. The van der Waals surface area contributed by atoms with E-state index >= 15 is 0 Å². The monoisotopic (exact) mass is 329 g/mol. The van der Waals surface area contributed by atoms with Gasteiger partial charge >= 0.3 is 0 Å². The summed E-state index contributed by atoms with van der Waals surface area (Å²) in [5.41, 5.74) is 1.03. The quantitative estimate of drug-likeness (QED) is 0.632. The highest BCUT2D eigenvalue weighted by atomic mass is 32.2. The van der Waals surface area contributed by atoms with Crippen molar-refractivity contribution in [1.82, 2.24) is 4.90 Å². The zero-order valence-corrected chi connectivity index (χ0v) is 13.7. The van der Waals surface area contributed by atoms with Gasteiger partial charge in [0.1, 0.15) is 4.32 Å². The Hall–Kier alpha value is -1.69. The van der Waals surface area contributed by atoms with E-state index in [0.717, 1.165) is 16.3 Å². The molecule has 3 rings (SSSR count). The largest absolute Gasteiger partial charge is 0.383 e. The molecule has 0 radical (unpaired) electrons. The van der Waals surface area contributed by atoms with Crippen molar-refractivity contribution in [2.75, 3.05) is 20.3 Å². The number of nitrogens with zero attached hydrogens (tertiary/aromatic N) is 1. The van der Waals surface area contributed by atoms with Crippen molar-refractivity contribution in [2.24, 2.45) is 0 Å². The Morgan fingerprint density at radius 2 is 2.00 bits per heavy atom. The van der Waals surface area contributed by atoms with E-state index in [1.54, 1.807) is 12.0 Å². The summed E-state index contributed by atoms with van der Waals surface area (Å²) < 4.78 is 5.62. The molecule has 0 N–H and O–H groups in total. The third-order valence-electron chi connectivity index (χ3n) is 3.50. The van der Waals surface area contributed by atoms with Gasteiger partial charge in [-0.05, 0) is 22.4 Å². The van der Waals surface area contributed by atoms with Crippen LogP contribution < -0.4 is 0 Å². The van der Waals surface area contributed by atoms with Gasteiger partial charge in [0.15, 0.2) is 0 Å². The Kier molecular flexibility index (Phi) is 4.57. The summed E-state index contributed by atoms with van der Waals surface area (Å²) >= 11 is 6.64. The Bertz CT molecular complexity index is 765. The number of carbonyl (C=O) groups excluding carboxylic acids is 1. The molecule has 0 saturated carbocycles. The molecule has 0 aliphatic carbocycles. The number of methoxy groups -OCH3 is 1. The van der Waals surface area contributed by atoms with E-state index < -0.39 is 0 Å². The minimum Gasteiger partial charge on any atom is -0.383 e. The second kappa shape index (κ2) is 6.60. The molecule has 1 aliphatic heterocycles. The van der Waals surface area contributed by atoms with Crippen molar-refractivity contribution in [3.8, 4) is 0 Å².